The number of nitrogens with zero attached hydrogens (tertiary/aromatic N) is 1. The molecule has 2 aromatic rings. The molecule has 0 saturated carbocycles. The lowest BCUT2D eigenvalue weighted by Crippen LogP contribution is -2.47. The number of benzene rings is 2. The van der Waals surface area contributed by atoms with Crippen LogP contribution < -0.4 is 15.4 Å². The SMILES string of the molecule is COc1ccc(C2(C)NC(=O)N(C(C)C(=O)Nc3ccccc3Cl)C2=O)cc1C. The summed E-state index contributed by atoms with van der Waals surface area (Å²) in [7, 11) is 1.56. The number of halogens is 1. The molecule has 1 aliphatic heterocycles. The molecule has 2 N–H and O–H groups in total. The predicted octanol–water partition coefficient (Wildman–Crippen LogP) is 3.45. The van der Waals surface area contributed by atoms with E-state index in [1.54, 1.807) is 56.5 Å². The van der Waals surface area contributed by atoms with Crippen molar-refractivity contribution in [2.75, 3.05) is 12.4 Å². The van der Waals surface area contributed by atoms with Crippen molar-refractivity contribution in [3.63, 3.8) is 0 Å². The van der Waals surface area contributed by atoms with E-state index in [0.29, 0.717) is 22.0 Å². The highest BCUT2D eigenvalue weighted by Crippen LogP contribution is 2.33. The van der Waals surface area contributed by atoms with Crippen LogP contribution in [0.15, 0.2) is 42.5 Å². The number of aryl methyl sites for hydroxylation is 1. The number of nitrogens with one attached hydrogen (secondary N) is 2. The number of carbonyl (C=O) groups excluding carboxylic acids is 3. The van der Waals surface area contributed by atoms with Crippen LogP contribution in [0.4, 0.5) is 10.5 Å². The number of ether oxygens (including phenoxy) is 1. The van der Waals surface area contributed by atoms with Crippen LogP contribution in [0.25, 0.3) is 0 Å². The van der Waals surface area contributed by atoms with E-state index in [-0.39, 0.29) is 0 Å². The van der Waals surface area contributed by atoms with Crippen molar-refractivity contribution in [3.8, 4) is 5.75 Å². The van der Waals surface area contributed by atoms with Crippen LogP contribution in [0.5, 0.6) is 5.75 Å². The largest absolute Gasteiger partial charge is 0.496 e. The van der Waals surface area contributed by atoms with Crippen LogP contribution in [0.1, 0.15) is 25.0 Å². The number of carbonyl (C=O) groups is 3. The van der Waals surface area contributed by atoms with Gasteiger partial charge in [0.15, 0.2) is 0 Å². The third-order valence-electron chi connectivity index (χ3n) is 5.09. The Bertz CT molecular complexity index is 994. The first-order chi connectivity index (χ1) is 13.7. The van der Waals surface area contributed by atoms with Gasteiger partial charge < -0.3 is 15.4 Å². The van der Waals surface area contributed by atoms with Crippen molar-refractivity contribution < 1.29 is 19.1 Å². The van der Waals surface area contributed by atoms with Crippen LogP contribution in [0.3, 0.4) is 0 Å². The topological polar surface area (TPSA) is 87.7 Å². The van der Waals surface area contributed by atoms with Crippen molar-refractivity contribution in [1.29, 1.82) is 0 Å². The van der Waals surface area contributed by atoms with E-state index in [1.807, 2.05) is 6.92 Å². The van der Waals surface area contributed by atoms with Gasteiger partial charge >= 0.3 is 6.03 Å². The second kappa shape index (κ2) is 7.75. The second-order valence-electron chi connectivity index (χ2n) is 7.06. The van der Waals surface area contributed by atoms with Crippen molar-refractivity contribution in [3.05, 3.63) is 58.6 Å². The summed E-state index contributed by atoms with van der Waals surface area (Å²) in [5, 5.41) is 5.74. The first kappa shape index (κ1) is 20.7. The van der Waals surface area contributed by atoms with Gasteiger partial charge in [-0.25, -0.2) is 9.69 Å². The van der Waals surface area contributed by atoms with Crippen LogP contribution in [0, 0.1) is 6.92 Å². The minimum absolute atomic E-state index is 0.365. The van der Waals surface area contributed by atoms with E-state index >= 15 is 0 Å². The first-order valence-corrected chi connectivity index (χ1v) is 9.43. The lowest BCUT2D eigenvalue weighted by Gasteiger charge is -2.25. The van der Waals surface area contributed by atoms with Gasteiger partial charge in [-0.05, 0) is 56.2 Å². The Morgan fingerprint density at radius 2 is 1.93 bits per heavy atom. The van der Waals surface area contributed by atoms with Crippen LogP contribution >= 0.6 is 11.6 Å². The quantitative estimate of drug-likeness (QED) is 0.732. The van der Waals surface area contributed by atoms with Gasteiger partial charge in [0.2, 0.25) is 5.91 Å². The van der Waals surface area contributed by atoms with E-state index in [2.05, 4.69) is 10.6 Å². The summed E-state index contributed by atoms with van der Waals surface area (Å²) < 4.78 is 5.25. The van der Waals surface area contributed by atoms with Crippen LogP contribution in [-0.4, -0.2) is 35.9 Å². The third kappa shape index (κ3) is 3.65. The summed E-state index contributed by atoms with van der Waals surface area (Å²) in [6.07, 6.45) is 0. The van der Waals surface area contributed by atoms with E-state index in [0.717, 1.165) is 10.5 Å². The van der Waals surface area contributed by atoms with Gasteiger partial charge in [-0.1, -0.05) is 29.8 Å². The molecule has 2 aromatic carbocycles. The molecule has 152 valence electrons. The number of methoxy groups -OCH3 is 1. The van der Waals surface area contributed by atoms with Gasteiger partial charge in [0.05, 0.1) is 17.8 Å². The minimum atomic E-state index is -1.28. The fraction of sp³-hybridized carbons (Fsp3) is 0.286. The smallest absolute Gasteiger partial charge is 0.326 e. The Morgan fingerprint density at radius 3 is 2.55 bits per heavy atom. The van der Waals surface area contributed by atoms with Gasteiger partial charge in [-0.2, -0.15) is 0 Å². The summed E-state index contributed by atoms with van der Waals surface area (Å²) in [5.41, 5.74) is 0.561. The molecule has 1 aliphatic rings. The van der Waals surface area contributed by atoms with Gasteiger partial charge in [-0.15, -0.1) is 0 Å². The van der Waals surface area contributed by atoms with E-state index in [9.17, 15) is 14.4 Å². The maximum Gasteiger partial charge on any atom is 0.326 e. The fourth-order valence-electron chi connectivity index (χ4n) is 3.31. The monoisotopic (exact) mass is 415 g/mol. The highest BCUT2D eigenvalue weighted by atomic mass is 35.5. The zero-order valence-corrected chi connectivity index (χ0v) is 17.3. The molecule has 29 heavy (non-hydrogen) atoms. The Hall–Kier alpha value is -3.06. The zero-order valence-electron chi connectivity index (χ0n) is 16.6. The van der Waals surface area contributed by atoms with Gasteiger partial charge in [0.1, 0.15) is 17.3 Å². The van der Waals surface area contributed by atoms with Crippen molar-refractivity contribution in [1.82, 2.24) is 10.2 Å². The molecule has 0 bridgehead atoms. The summed E-state index contributed by atoms with van der Waals surface area (Å²) in [4.78, 5) is 39.4. The molecule has 0 radical (unpaired) electrons. The molecular formula is C21H22ClN3O4. The number of amides is 4. The fourth-order valence-corrected chi connectivity index (χ4v) is 3.50. The molecule has 3 rings (SSSR count). The van der Waals surface area contributed by atoms with Crippen molar-refractivity contribution in [2.45, 2.75) is 32.4 Å². The number of imide groups is 1. The lowest BCUT2D eigenvalue weighted by molar-refractivity contribution is -0.136. The van der Waals surface area contributed by atoms with Gasteiger partial charge in [0, 0.05) is 0 Å². The zero-order chi connectivity index (χ0) is 21.3. The molecule has 1 heterocycles. The maximum atomic E-state index is 13.2. The molecule has 0 spiro atoms. The molecule has 7 nitrogen and oxygen atoms in total. The van der Waals surface area contributed by atoms with Crippen molar-refractivity contribution >= 4 is 35.1 Å². The standard InChI is InChI=1S/C21H22ClN3O4/c1-12-11-14(9-10-17(12)29-4)21(3)19(27)25(20(28)24-21)13(2)18(26)23-16-8-6-5-7-15(16)22/h5-11,13H,1-4H3,(H,23,26)(H,24,28). The van der Waals surface area contributed by atoms with E-state index in [4.69, 9.17) is 16.3 Å². The number of rotatable bonds is 5. The summed E-state index contributed by atoms with van der Waals surface area (Å²) in [6.45, 7) is 4.96. The average Bonchev–Trinajstić information content (AvgIpc) is 2.92. The Kier molecular flexibility index (Phi) is 5.53. The van der Waals surface area contributed by atoms with Gasteiger partial charge in [-0.3, -0.25) is 9.59 Å². The van der Waals surface area contributed by atoms with Crippen LogP contribution in [-0.2, 0) is 15.1 Å². The van der Waals surface area contributed by atoms with Crippen molar-refractivity contribution in [2.24, 2.45) is 0 Å². The molecule has 8 heteroatoms. The highest BCUT2D eigenvalue weighted by Gasteiger charge is 2.51. The van der Waals surface area contributed by atoms with Crippen LogP contribution in [0.2, 0.25) is 5.02 Å². The molecule has 1 saturated heterocycles. The third-order valence-corrected chi connectivity index (χ3v) is 5.42. The second-order valence-corrected chi connectivity index (χ2v) is 7.47. The molecule has 2 atom stereocenters. The first-order valence-electron chi connectivity index (χ1n) is 9.05. The van der Waals surface area contributed by atoms with E-state index < -0.39 is 29.4 Å². The number of hydrogen-bond acceptors (Lipinski definition) is 4. The van der Waals surface area contributed by atoms with E-state index in [1.165, 1.54) is 6.92 Å². The Morgan fingerprint density at radius 1 is 1.24 bits per heavy atom. The number of anilines is 1. The maximum absolute atomic E-state index is 13.2. The minimum Gasteiger partial charge on any atom is -0.496 e. The Labute approximate surface area is 174 Å². The predicted molar refractivity (Wildman–Crippen MR) is 110 cm³/mol. The molecular weight excluding hydrogens is 394 g/mol. The molecule has 1 fully saturated rings. The highest BCUT2D eigenvalue weighted by molar-refractivity contribution is 6.33. The molecule has 0 aliphatic carbocycles. The average molecular weight is 416 g/mol. The summed E-state index contributed by atoms with van der Waals surface area (Å²) in [5.74, 6) is -0.343. The number of urea groups is 1. The summed E-state index contributed by atoms with van der Waals surface area (Å²) in [6, 6.07) is 10.3. The molecule has 0 aromatic heterocycles. The Balaban J connectivity index is 1.85. The normalized spacial score (nSPS) is 19.7. The van der Waals surface area contributed by atoms with Gasteiger partial charge in [0.25, 0.3) is 5.91 Å². The molecule has 2 unspecified atom stereocenters. The number of para-hydroxylation sites is 1. The molecule has 4 amide bonds. The lowest BCUT2D eigenvalue weighted by atomic mass is 9.90. The number of hydrogen-bond donors (Lipinski definition) is 2. The summed E-state index contributed by atoms with van der Waals surface area (Å²) >= 11 is 6.07.